The molecule has 0 heterocycles. The van der Waals surface area contributed by atoms with Crippen LogP contribution in [0, 0.1) is 0 Å². The molecular weight excluding hydrogens is 251 g/mol. The van der Waals surface area contributed by atoms with Gasteiger partial charge in [0.15, 0.2) is 0 Å². The predicted octanol–water partition coefficient (Wildman–Crippen LogP) is -0.00360. The number of rotatable bonds is 10. The monoisotopic (exact) mass is 274 g/mol. The molecule has 0 aliphatic rings. The maximum atomic E-state index is 10.3. The fourth-order valence-electron chi connectivity index (χ4n) is 1.64. The predicted molar refractivity (Wildman–Crippen MR) is 62.9 cm³/mol. The van der Waals surface area contributed by atoms with Gasteiger partial charge in [-0.25, -0.2) is 8.42 Å². The average molecular weight is 274 g/mol. The second kappa shape index (κ2) is 11.9. The minimum absolute atomic E-state index is 0. The summed E-state index contributed by atoms with van der Waals surface area (Å²) in [6, 6.07) is 0. The number of hydrogen-bond acceptors (Lipinski definition) is 4. The second-order valence-corrected chi connectivity index (χ2v) is 5.23. The summed E-state index contributed by atoms with van der Waals surface area (Å²) in [5.41, 5.74) is 0. The maximum absolute atomic E-state index is 10.3. The second-order valence-electron chi connectivity index (χ2n) is 4.23. The Labute approximate surface area is 128 Å². The van der Waals surface area contributed by atoms with Crippen molar-refractivity contribution in [3.8, 4) is 0 Å². The zero-order valence-electron chi connectivity index (χ0n) is 11.3. The van der Waals surface area contributed by atoms with Crippen molar-refractivity contribution in [3.63, 3.8) is 0 Å². The Balaban J connectivity index is 0. The van der Waals surface area contributed by atoms with Crippen molar-refractivity contribution in [2.24, 2.45) is 0 Å². The van der Waals surface area contributed by atoms with Crippen LogP contribution in [0.15, 0.2) is 0 Å². The van der Waals surface area contributed by atoms with Crippen LogP contribution in [0.5, 0.6) is 0 Å². The van der Waals surface area contributed by atoms with Gasteiger partial charge >= 0.3 is 29.6 Å². The third kappa shape index (κ3) is 16.9. The van der Waals surface area contributed by atoms with E-state index in [0.717, 1.165) is 12.8 Å². The molecular formula is C11H23NaO4S. The van der Waals surface area contributed by atoms with Crippen molar-refractivity contribution >= 4 is 10.4 Å². The molecule has 0 N–H and O–H groups in total. The molecule has 0 fully saturated rings. The molecule has 1 atom stereocenters. The molecule has 0 aromatic heterocycles. The molecule has 0 saturated carbocycles. The molecule has 0 spiro atoms. The Morgan fingerprint density at radius 3 is 2.00 bits per heavy atom. The van der Waals surface area contributed by atoms with E-state index in [9.17, 15) is 13.0 Å². The first-order valence-corrected chi connectivity index (χ1v) is 7.43. The van der Waals surface area contributed by atoms with Crippen LogP contribution in [-0.4, -0.2) is 19.1 Å². The summed E-state index contributed by atoms with van der Waals surface area (Å²) < 4.78 is 35.1. The zero-order valence-corrected chi connectivity index (χ0v) is 14.1. The van der Waals surface area contributed by atoms with Gasteiger partial charge in [-0.05, 0) is 13.3 Å². The van der Waals surface area contributed by atoms with Gasteiger partial charge < -0.3 is 4.55 Å². The Hall–Kier alpha value is 0.870. The molecule has 0 aromatic carbocycles. The van der Waals surface area contributed by atoms with Crippen molar-refractivity contribution in [3.05, 3.63) is 0 Å². The molecule has 0 radical (unpaired) electrons. The van der Waals surface area contributed by atoms with E-state index in [2.05, 4.69) is 11.1 Å². The van der Waals surface area contributed by atoms with Crippen LogP contribution in [0.4, 0.5) is 0 Å². The summed E-state index contributed by atoms with van der Waals surface area (Å²) in [7, 11) is -4.53. The third-order valence-electron chi connectivity index (χ3n) is 2.50. The van der Waals surface area contributed by atoms with Gasteiger partial charge in [0.05, 0.1) is 6.10 Å². The largest absolute Gasteiger partial charge is 1.00 e. The van der Waals surface area contributed by atoms with Gasteiger partial charge in [-0.3, -0.25) is 4.18 Å². The molecule has 4 nitrogen and oxygen atoms in total. The fourth-order valence-corrected chi connectivity index (χ4v) is 2.14. The molecule has 17 heavy (non-hydrogen) atoms. The quantitative estimate of drug-likeness (QED) is 0.243. The van der Waals surface area contributed by atoms with E-state index in [4.69, 9.17) is 0 Å². The molecule has 0 aromatic rings. The van der Waals surface area contributed by atoms with Crippen molar-refractivity contribution in [1.82, 2.24) is 0 Å². The van der Waals surface area contributed by atoms with Crippen LogP contribution in [0.2, 0.25) is 0 Å². The van der Waals surface area contributed by atoms with E-state index < -0.39 is 16.5 Å². The van der Waals surface area contributed by atoms with E-state index in [-0.39, 0.29) is 29.6 Å². The van der Waals surface area contributed by atoms with Crippen LogP contribution >= 0.6 is 0 Å². The Bertz CT molecular complexity index is 254. The minimum atomic E-state index is -4.53. The van der Waals surface area contributed by atoms with Crippen LogP contribution in [0.1, 0.15) is 65.2 Å². The zero-order chi connectivity index (χ0) is 12.4. The first-order chi connectivity index (χ1) is 7.45. The van der Waals surface area contributed by atoms with Crippen LogP contribution in [0.3, 0.4) is 0 Å². The Morgan fingerprint density at radius 2 is 1.53 bits per heavy atom. The standard InChI is InChI=1S/C11H24O4S.Na/c1-3-4-5-6-7-8-9-10-11(2)15-16(12,13)14;/h11H,3-10H2,1-2H3,(H,12,13,14);/q;+1/p-1. The van der Waals surface area contributed by atoms with Crippen LogP contribution in [-0.2, 0) is 14.6 Å². The Morgan fingerprint density at radius 1 is 1.06 bits per heavy atom. The molecule has 6 heteroatoms. The third-order valence-corrected chi connectivity index (χ3v) is 3.06. The minimum Gasteiger partial charge on any atom is -0.726 e. The van der Waals surface area contributed by atoms with E-state index in [1.54, 1.807) is 6.92 Å². The molecule has 0 saturated heterocycles. The van der Waals surface area contributed by atoms with E-state index in [0.29, 0.717) is 6.42 Å². The van der Waals surface area contributed by atoms with Gasteiger partial charge in [0.1, 0.15) is 0 Å². The van der Waals surface area contributed by atoms with Crippen LogP contribution < -0.4 is 29.6 Å². The molecule has 0 rings (SSSR count). The summed E-state index contributed by atoms with van der Waals surface area (Å²) in [6.45, 7) is 3.80. The summed E-state index contributed by atoms with van der Waals surface area (Å²) in [6.07, 6.45) is 8.37. The molecule has 98 valence electrons. The fraction of sp³-hybridized carbons (Fsp3) is 1.00. The number of unbranched alkanes of at least 4 members (excludes halogenated alkanes) is 6. The van der Waals surface area contributed by atoms with Crippen molar-refractivity contribution in [2.45, 2.75) is 71.3 Å². The smallest absolute Gasteiger partial charge is 0.726 e. The average Bonchev–Trinajstić information content (AvgIpc) is 2.13. The topological polar surface area (TPSA) is 66.4 Å². The van der Waals surface area contributed by atoms with Gasteiger partial charge in [-0.2, -0.15) is 0 Å². The summed E-state index contributed by atoms with van der Waals surface area (Å²) in [5, 5.41) is 0. The van der Waals surface area contributed by atoms with E-state index >= 15 is 0 Å². The van der Waals surface area contributed by atoms with Gasteiger partial charge in [-0.1, -0.05) is 51.9 Å². The number of hydrogen-bond donors (Lipinski definition) is 0. The van der Waals surface area contributed by atoms with Crippen molar-refractivity contribution in [2.75, 3.05) is 0 Å². The molecule has 0 amide bonds. The van der Waals surface area contributed by atoms with Gasteiger partial charge in [-0.15, -0.1) is 0 Å². The van der Waals surface area contributed by atoms with Crippen molar-refractivity contribution in [1.29, 1.82) is 0 Å². The van der Waals surface area contributed by atoms with Gasteiger partial charge in [0, 0.05) is 0 Å². The van der Waals surface area contributed by atoms with Gasteiger partial charge in [0.25, 0.3) is 0 Å². The molecule has 1 unspecified atom stereocenters. The molecule has 0 bridgehead atoms. The maximum Gasteiger partial charge on any atom is 1.00 e. The first-order valence-electron chi connectivity index (χ1n) is 6.10. The SMILES string of the molecule is CCCCCCCCCC(C)OS(=O)(=O)[O-].[Na+]. The molecule has 0 aliphatic carbocycles. The van der Waals surface area contributed by atoms with Crippen LogP contribution in [0.25, 0.3) is 0 Å². The summed E-state index contributed by atoms with van der Waals surface area (Å²) >= 11 is 0. The van der Waals surface area contributed by atoms with E-state index in [1.807, 2.05) is 0 Å². The van der Waals surface area contributed by atoms with Gasteiger partial charge in [0.2, 0.25) is 10.4 Å². The summed E-state index contributed by atoms with van der Waals surface area (Å²) in [5.74, 6) is 0. The molecule has 0 aliphatic heterocycles. The van der Waals surface area contributed by atoms with E-state index in [1.165, 1.54) is 32.1 Å². The normalized spacial score (nSPS) is 13.1. The Kier molecular flexibility index (Phi) is 14.2. The first kappa shape index (κ1) is 20.2. The van der Waals surface area contributed by atoms with Crippen molar-refractivity contribution < 1.29 is 46.7 Å². The summed E-state index contributed by atoms with van der Waals surface area (Å²) in [4.78, 5) is 0.